The lowest BCUT2D eigenvalue weighted by Gasteiger charge is -2.33. The normalized spacial score (nSPS) is 35.9. The summed E-state index contributed by atoms with van der Waals surface area (Å²) in [5.74, 6) is 1.10. The first-order valence-corrected chi connectivity index (χ1v) is 10.00. The zero-order valence-corrected chi connectivity index (χ0v) is 15.9. The number of ether oxygens (including phenoxy) is 2. The highest BCUT2D eigenvalue weighted by molar-refractivity contribution is 6.02. The number of methoxy groups -OCH3 is 2. The Morgan fingerprint density at radius 2 is 2.04 bits per heavy atom. The minimum absolute atomic E-state index is 0.274. The molecule has 4 atom stereocenters. The predicted molar refractivity (Wildman–Crippen MR) is 103 cm³/mol. The van der Waals surface area contributed by atoms with Gasteiger partial charge in [0.1, 0.15) is 0 Å². The van der Waals surface area contributed by atoms with Gasteiger partial charge in [-0.3, -0.25) is 4.99 Å². The molecule has 25 heavy (non-hydrogen) atoms. The SMILES string of the molecule is COC1CCC(/C=C/C=C2\CCCN=C2C2CCCNC2)C(OC)C1. The van der Waals surface area contributed by atoms with Crippen LogP contribution in [0.2, 0.25) is 0 Å². The lowest BCUT2D eigenvalue weighted by Crippen LogP contribution is -2.36. The van der Waals surface area contributed by atoms with Crippen molar-refractivity contribution in [1.29, 1.82) is 0 Å². The van der Waals surface area contributed by atoms with Gasteiger partial charge in [0.15, 0.2) is 0 Å². The molecular weight excluding hydrogens is 312 g/mol. The van der Waals surface area contributed by atoms with E-state index in [4.69, 9.17) is 14.5 Å². The summed E-state index contributed by atoms with van der Waals surface area (Å²) in [4.78, 5) is 4.89. The maximum atomic E-state index is 5.71. The third kappa shape index (κ3) is 5.02. The lowest BCUT2D eigenvalue weighted by molar-refractivity contribution is -0.0291. The van der Waals surface area contributed by atoms with E-state index in [-0.39, 0.29) is 6.10 Å². The van der Waals surface area contributed by atoms with E-state index in [1.807, 2.05) is 14.2 Å². The Balaban J connectivity index is 1.63. The Labute approximate surface area is 152 Å². The van der Waals surface area contributed by atoms with Crippen LogP contribution in [0.3, 0.4) is 0 Å². The quantitative estimate of drug-likeness (QED) is 0.828. The molecule has 0 aromatic rings. The van der Waals surface area contributed by atoms with Crippen LogP contribution in [-0.2, 0) is 9.47 Å². The minimum Gasteiger partial charge on any atom is -0.381 e. The van der Waals surface area contributed by atoms with E-state index < -0.39 is 0 Å². The maximum absolute atomic E-state index is 5.71. The molecule has 140 valence electrons. The van der Waals surface area contributed by atoms with Gasteiger partial charge < -0.3 is 14.8 Å². The smallest absolute Gasteiger partial charge is 0.0658 e. The topological polar surface area (TPSA) is 42.8 Å². The summed E-state index contributed by atoms with van der Waals surface area (Å²) in [6.45, 7) is 3.25. The highest BCUT2D eigenvalue weighted by Crippen LogP contribution is 2.30. The van der Waals surface area contributed by atoms with Crippen LogP contribution >= 0.6 is 0 Å². The molecule has 0 aromatic heterocycles. The molecule has 3 aliphatic rings. The molecule has 1 saturated heterocycles. The van der Waals surface area contributed by atoms with Gasteiger partial charge in [-0.05, 0) is 50.6 Å². The summed E-state index contributed by atoms with van der Waals surface area (Å²) in [5.41, 5.74) is 2.82. The van der Waals surface area contributed by atoms with Crippen molar-refractivity contribution in [2.24, 2.45) is 16.8 Å². The average Bonchev–Trinajstić information content (AvgIpc) is 2.69. The fourth-order valence-corrected chi connectivity index (χ4v) is 4.48. The largest absolute Gasteiger partial charge is 0.381 e. The van der Waals surface area contributed by atoms with Crippen LogP contribution in [0.25, 0.3) is 0 Å². The molecule has 2 heterocycles. The fraction of sp³-hybridized carbons (Fsp3) is 0.762. The summed E-state index contributed by atoms with van der Waals surface area (Å²) < 4.78 is 11.2. The van der Waals surface area contributed by atoms with E-state index in [0.717, 1.165) is 38.9 Å². The van der Waals surface area contributed by atoms with Gasteiger partial charge in [-0.1, -0.05) is 18.2 Å². The first-order chi connectivity index (χ1) is 12.3. The highest BCUT2D eigenvalue weighted by Gasteiger charge is 2.29. The van der Waals surface area contributed by atoms with E-state index in [9.17, 15) is 0 Å². The summed E-state index contributed by atoms with van der Waals surface area (Å²) in [7, 11) is 3.63. The molecule has 0 bridgehead atoms. The fourth-order valence-electron chi connectivity index (χ4n) is 4.48. The van der Waals surface area contributed by atoms with Crippen LogP contribution in [0.15, 0.2) is 28.8 Å². The second-order valence-corrected chi connectivity index (χ2v) is 7.60. The van der Waals surface area contributed by atoms with Crippen molar-refractivity contribution >= 4 is 5.71 Å². The summed E-state index contributed by atoms with van der Waals surface area (Å²) in [6.07, 6.45) is 15.7. The number of allylic oxidation sites excluding steroid dienone is 3. The van der Waals surface area contributed by atoms with Crippen molar-refractivity contribution in [3.63, 3.8) is 0 Å². The summed E-state index contributed by atoms with van der Waals surface area (Å²) in [6, 6.07) is 0. The Kier molecular flexibility index (Phi) is 7.26. The molecule has 0 radical (unpaired) electrons. The first-order valence-electron chi connectivity index (χ1n) is 10.00. The van der Waals surface area contributed by atoms with Crippen molar-refractivity contribution in [2.45, 2.75) is 57.2 Å². The molecule has 1 aliphatic carbocycles. The van der Waals surface area contributed by atoms with E-state index in [0.29, 0.717) is 17.9 Å². The number of nitrogens with one attached hydrogen (secondary N) is 1. The summed E-state index contributed by atoms with van der Waals surface area (Å²) >= 11 is 0. The molecule has 1 N–H and O–H groups in total. The first kappa shape index (κ1) is 18.8. The molecule has 3 rings (SSSR count). The molecule has 2 fully saturated rings. The van der Waals surface area contributed by atoms with E-state index in [1.54, 1.807) is 0 Å². The van der Waals surface area contributed by atoms with Gasteiger partial charge in [0.05, 0.1) is 12.2 Å². The van der Waals surface area contributed by atoms with Crippen LogP contribution in [-0.4, -0.2) is 51.8 Å². The average molecular weight is 347 g/mol. The van der Waals surface area contributed by atoms with E-state index >= 15 is 0 Å². The molecule has 4 nitrogen and oxygen atoms in total. The van der Waals surface area contributed by atoms with Gasteiger partial charge in [-0.25, -0.2) is 0 Å². The number of rotatable bonds is 5. The standard InChI is InChI=1S/C21H34N2O2/c1-24-19-11-10-16(20(14-19)25-2)6-3-7-17-8-5-13-23-21(17)18-9-4-12-22-15-18/h3,6-7,16,18-20,22H,4-5,8-15H2,1-2H3/b6-3+,17-7+. The van der Waals surface area contributed by atoms with E-state index in [1.165, 1.54) is 37.0 Å². The van der Waals surface area contributed by atoms with Crippen LogP contribution in [0.1, 0.15) is 44.9 Å². The van der Waals surface area contributed by atoms with Gasteiger partial charge in [-0.2, -0.15) is 0 Å². The third-order valence-electron chi connectivity index (χ3n) is 5.99. The summed E-state index contributed by atoms with van der Waals surface area (Å²) in [5, 5.41) is 3.53. The minimum atomic E-state index is 0.274. The van der Waals surface area contributed by atoms with Gasteiger partial charge in [0.2, 0.25) is 0 Å². The number of hydrogen-bond acceptors (Lipinski definition) is 4. The third-order valence-corrected chi connectivity index (χ3v) is 5.99. The number of hydrogen-bond donors (Lipinski definition) is 1. The van der Waals surface area contributed by atoms with Gasteiger partial charge in [-0.15, -0.1) is 0 Å². The molecule has 4 heteroatoms. The second-order valence-electron chi connectivity index (χ2n) is 7.60. The predicted octanol–water partition coefficient (Wildman–Crippen LogP) is 3.53. The Hall–Kier alpha value is -0.970. The zero-order valence-electron chi connectivity index (χ0n) is 15.9. The molecule has 4 unspecified atom stereocenters. The van der Waals surface area contributed by atoms with Crippen LogP contribution in [0, 0.1) is 11.8 Å². The number of aliphatic imine (C=N–C) groups is 1. The Bertz CT molecular complexity index is 506. The van der Waals surface area contributed by atoms with Crippen molar-refractivity contribution in [3.8, 4) is 0 Å². The molecule has 1 saturated carbocycles. The maximum Gasteiger partial charge on any atom is 0.0658 e. The lowest BCUT2D eigenvalue weighted by atomic mass is 9.84. The van der Waals surface area contributed by atoms with Crippen molar-refractivity contribution in [1.82, 2.24) is 5.32 Å². The van der Waals surface area contributed by atoms with Crippen molar-refractivity contribution in [2.75, 3.05) is 33.9 Å². The number of piperidine rings is 1. The van der Waals surface area contributed by atoms with Crippen molar-refractivity contribution < 1.29 is 9.47 Å². The second kappa shape index (κ2) is 9.65. The van der Waals surface area contributed by atoms with Gasteiger partial charge >= 0.3 is 0 Å². The molecule has 0 aromatic carbocycles. The monoisotopic (exact) mass is 346 g/mol. The van der Waals surface area contributed by atoms with Gasteiger partial charge in [0, 0.05) is 51.3 Å². The molecular formula is C21H34N2O2. The van der Waals surface area contributed by atoms with Gasteiger partial charge in [0.25, 0.3) is 0 Å². The molecule has 0 spiro atoms. The number of nitrogens with zero attached hydrogens (tertiary/aromatic N) is 1. The van der Waals surface area contributed by atoms with Crippen LogP contribution in [0.5, 0.6) is 0 Å². The Morgan fingerprint density at radius 3 is 2.80 bits per heavy atom. The Morgan fingerprint density at radius 1 is 1.12 bits per heavy atom. The highest BCUT2D eigenvalue weighted by atomic mass is 16.5. The zero-order chi connectivity index (χ0) is 17.5. The van der Waals surface area contributed by atoms with Crippen molar-refractivity contribution in [3.05, 3.63) is 23.8 Å². The molecule has 2 aliphatic heterocycles. The molecule has 0 amide bonds. The van der Waals surface area contributed by atoms with E-state index in [2.05, 4.69) is 23.5 Å². The van der Waals surface area contributed by atoms with Crippen LogP contribution < -0.4 is 5.32 Å². The van der Waals surface area contributed by atoms with Crippen LogP contribution in [0.4, 0.5) is 0 Å².